The third kappa shape index (κ3) is 4.78. The minimum atomic E-state index is -3.74. The molecule has 0 radical (unpaired) electrons. The van der Waals surface area contributed by atoms with Gasteiger partial charge in [0.25, 0.3) is 0 Å². The first-order valence-corrected chi connectivity index (χ1v) is 10.9. The van der Waals surface area contributed by atoms with Crippen molar-refractivity contribution in [1.29, 1.82) is 0 Å². The SMILES string of the molecule is COc1ccc(C(C)=O)cc1CS(=O)(=O)CC(=O)Nc1ccc2c(c1)CCC2. The molecule has 1 amide bonds. The molecule has 1 aliphatic rings. The van der Waals surface area contributed by atoms with Crippen molar-refractivity contribution in [3.05, 3.63) is 58.7 Å². The standard InChI is InChI=1S/C21H23NO5S/c1-14(23)16-7-9-20(27-2)18(10-16)12-28(25,26)13-21(24)22-19-8-6-15-4-3-5-17(15)11-19/h6-11H,3-5,12-13H2,1-2H3,(H,22,24). The maximum atomic E-state index is 12.5. The molecular weight excluding hydrogens is 378 g/mol. The fourth-order valence-electron chi connectivity index (χ4n) is 3.44. The summed E-state index contributed by atoms with van der Waals surface area (Å²) < 4.78 is 30.3. The van der Waals surface area contributed by atoms with Crippen LogP contribution in [0.15, 0.2) is 36.4 Å². The van der Waals surface area contributed by atoms with E-state index in [4.69, 9.17) is 4.74 Å². The van der Waals surface area contributed by atoms with Crippen molar-refractivity contribution in [2.45, 2.75) is 31.9 Å². The number of amides is 1. The summed E-state index contributed by atoms with van der Waals surface area (Å²) in [6, 6.07) is 10.3. The van der Waals surface area contributed by atoms with Crippen LogP contribution in [0, 0.1) is 0 Å². The first-order valence-electron chi connectivity index (χ1n) is 9.07. The first-order chi connectivity index (χ1) is 13.3. The number of carbonyl (C=O) groups is 2. The van der Waals surface area contributed by atoms with Gasteiger partial charge in [0.2, 0.25) is 5.91 Å². The zero-order valence-electron chi connectivity index (χ0n) is 15.9. The van der Waals surface area contributed by atoms with Crippen molar-refractivity contribution >= 4 is 27.2 Å². The van der Waals surface area contributed by atoms with E-state index in [2.05, 4.69) is 5.32 Å². The minimum Gasteiger partial charge on any atom is -0.496 e. The van der Waals surface area contributed by atoms with Crippen molar-refractivity contribution in [2.24, 2.45) is 0 Å². The third-order valence-electron chi connectivity index (χ3n) is 4.80. The second-order valence-electron chi connectivity index (χ2n) is 7.00. The fourth-order valence-corrected chi connectivity index (χ4v) is 4.72. The van der Waals surface area contributed by atoms with E-state index in [1.165, 1.54) is 31.2 Å². The molecule has 0 fully saturated rings. The van der Waals surface area contributed by atoms with Gasteiger partial charge in [-0.25, -0.2) is 8.42 Å². The summed E-state index contributed by atoms with van der Waals surface area (Å²) in [5, 5.41) is 2.67. The zero-order chi connectivity index (χ0) is 20.3. The van der Waals surface area contributed by atoms with Crippen LogP contribution in [-0.2, 0) is 33.2 Å². The monoisotopic (exact) mass is 401 g/mol. The number of benzene rings is 2. The molecule has 0 atom stereocenters. The maximum absolute atomic E-state index is 12.5. The van der Waals surface area contributed by atoms with Gasteiger partial charge >= 0.3 is 0 Å². The van der Waals surface area contributed by atoms with Crippen LogP contribution in [-0.4, -0.2) is 33.0 Å². The van der Waals surface area contributed by atoms with Gasteiger partial charge in [-0.05, 0) is 67.6 Å². The number of nitrogens with one attached hydrogen (secondary N) is 1. The van der Waals surface area contributed by atoms with E-state index in [0.29, 0.717) is 22.6 Å². The van der Waals surface area contributed by atoms with Gasteiger partial charge in [-0.1, -0.05) is 6.07 Å². The van der Waals surface area contributed by atoms with Crippen molar-refractivity contribution in [2.75, 3.05) is 18.2 Å². The van der Waals surface area contributed by atoms with Crippen molar-refractivity contribution in [1.82, 2.24) is 0 Å². The normalized spacial score (nSPS) is 13.1. The highest BCUT2D eigenvalue weighted by atomic mass is 32.2. The highest BCUT2D eigenvalue weighted by molar-refractivity contribution is 7.91. The van der Waals surface area contributed by atoms with Crippen molar-refractivity contribution in [3.63, 3.8) is 0 Å². The van der Waals surface area contributed by atoms with Crippen LogP contribution in [0.4, 0.5) is 5.69 Å². The molecule has 1 N–H and O–H groups in total. The number of hydrogen-bond acceptors (Lipinski definition) is 5. The van der Waals surface area contributed by atoms with Crippen LogP contribution in [0.1, 0.15) is 40.4 Å². The van der Waals surface area contributed by atoms with Gasteiger partial charge < -0.3 is 10.1 Å². The van der Waals surface area contributed by atoms with Crippen LogP contribution in [0.25, 0.3) is 0 Å². The fraction of sp³-hybridized carbons (Fsp3) is 0.333. The Balaban J connectivity index is 1.70. The zero-order valence-corrected chi connectivity index (χ0v) is 16.8. The van der Waals surface area contributed by atoms with E-state index in [1.807, 2.05) is 12.1 Å². The number of ketones is 1. The first kappa shape index (κ1) is 20.1. The Bertz CT molecular complexity index is 1030. The molecule has 6 nitrogen and oxygen atoms in total. The van der Waals surface area contributed by atoms with Crippen LogP contribution >= 0.6 is 0 Å². The average Bonchev–Trinajstić information content (AvgIpc) is 3.08. The molecule has 0 unspecified atom stereocenters. The second-order valence-corrected chi connectivity index (χ2v) is 9.06. The molecule has 2 aromatic carbocycles. The second kappa shape index (κ2) is 8.14. The lowest BCUT2D eigenvalue weighted by molar-refractivity contribution is -0.113. The Morgan fingerprint density at radius 3 is 2.54 bits per heavy atom. The summed E-state index contributed by atoms with van der Waals surface area (Å²) in [4.78, 5) is 23.8. The molecule has 0 saturated heterocycles. The van der Waals surface area contributed by atoms with Crippen molar-refractivity contribution in [3.8, 4) is 5.75 Å². The van der Waals surface area contributed by atoms with Gasteiger partial charge in [-0.3, -0.25) is 9.59 Å². The molecule has 0 spiro atoms. The molecule has 0 saturated carbocycles. The maximum Gasteiger partial charge on any atom is 0.239 e. The number of ether oxygens (including phenoxy) is 1. The summed E-state index contributed by atoms with van der Waals surface area (Å²) in [5.41, 5.74) is 3.85. The molecule has 3 rings (SSSR count). The van der Waals surface area contributed by atoms with Crippen LogP contribution in [0.3, 0.4) is 0 Å². The molecule has 7 heteroatoms. The Morgan fingerprint density at radius 2 is 1.82 bits per heavy atom. The smallest absolute Gasteiger partial charge is 0.239 e. The summed E-state index contributed by atoms with van der Waals surface area (Å²) in [6.07, 6.45) is 3.12. The Labute approximate surface area is 164 Å². The van der Waals surface area contributed by atoms with Crippen LogP contribution in [0.5, 0.6) is 5.75 Å². The van der Waals surface area contributed by atoms with E-state index < -0.39 is 21.5 Å². The number of fused-ring (bicyclic) bond motifs is 1. The Morgan fingerprint density at radius 1 is 1.07 bits per heavy atom. The summed E-state index contributed by atoms with van der Waals surface area (Å²) in [6.45, 7) is 1.41. The Kier molecular flexibility index (Phi) is 5.84. The van der Waals surface area contributed by atoms with E-state index >= 15 is 0 Å². The number of anilines is 1. The summed E-state index contributed by atoms with van der Waals surface area (Å²) >= 11 is 0. The summed E-state index contributed by atoms with van der Waals surface area (Å²) in [7, 11) is -2.31. The van der Waals surface area contributed by atoms with Gasteiger partial charge in [0.15, 0.2) is 15.6 Å². The molecule has 0 aliphatic heterocycles. The molecule has 0 heterocycles. The number of Topliss-reactive ketones (excluding diaryl/α,β-unsaturated/α-hetero) is 1. The highest BCUT2D eigenvalue weighted by Crippen LogP contribution is 2.25. The summed E-state index contributed by atoms with van der Waals surface area (Å²) in [5.74, 6) is -1.41. The molecule has 2 aromatic rings. The third-order valence-corrected chi connectivity index (χ3v) is 6.25. The molecular formula is C21H23NO5S. The number of methoxy groups -OCH3 is 1. The average molecular weight is 401 g/mol. The predicted octanol–water partition coefficient (Wildman–Crippen LogP) is 2.94. The molecule has 148 valence electrons. The van der Waals surface area contributed by atoms with Crippen molar-refractivity contribution < 1.29 is 22.7 Å². The molecule has 28 heavy (non-hydrogen) atoms. The lowest BCUT2D eigenvalue weighted by Gasteiger charge is -2.11. The topological polar surface area (TPSA) is 89.5 Å². The largest absolute Gasteiger partial charge is 0.496 e. The molecule has 0 aromatic heterocycles. The van der Waals surface area contributed by atoms with Gasteiger partial charge in [-0.15, -0.1) is 0 Å². The van der Waals surface area contributed by atoms with Gasteiger partial charge in [0, 0.05) is 16.8 Å². The van der Waals surface area contributed by atoms with Gasteiger partial charge in [0.05, 0.1) is 12.9 Å². The lowest BCUT2D eigenvalue weighted by Crippen LogP contribution is -2.24. The van der Waals surface area contributed by atoms with Gasteiger partial charge in [0.1, 0.15) is 11.5 Å². The van der Waals surface area contributed by atoms with E-state index in [-0.39, 0.29) is 11.5 Å². The molecule has 1 aliphatic carbocycles. The predicted molar refractivity (Wildman–Crippen MR) is 108 cm³/mol. The van der Waals surface area contributed by atoms with Crippen LogP contribution in [0.2, 0.25) is 0 Å². The van der Waals surface area contributed by atoms with E-state index in [9.17, 15) is 18.0 Å². The number of carbonyl (C=O) groups excluding carboxylic acids is 2. The minimum absolute atomic E-state index is 0.171. The number of sulfone groups is 1. The number of aryl methyl sites for hydroxylation is 2. The van der Waals surface area contributed by atoms with E-state index in [1.54, 1.807) is 18.2 Å². The number of hydrogen-bond donors (Lipinski definition) is 1. The van der Waals surface area contributed by atoms with Crippen LogP contribution < -0.4 is 10.1 Å². The molecule has 0 bridgehead atoms. The number of rotatable bonds is 7. The quantitative estimate of drug-likeness (QED) is 0.721. The Hall–Kier alpha value is -2.67. The van der Waals surface area contributed by atoms with E-state index in [0.717, 1.165) is 19.3 Å². The highest BCUT2D eigenvalue weighted by Gasteiger charge is 2.21. The van der Waals surface area contributed by atoms with Gasteiger partial charge in [-0.2, -0.15) is 0 Å². The lowest BCUT2D eigenvalue weighted by atomic mass is 10.1.